The lowest BCUT2D eigenvalue weighted by molar-refractivity contribution is -0.119. The topological polar surface area (TPSA) is 98.1 Å². The lowest BCUT2D eigenvalue weighted by Crippen LogP contribution is -2.24. The number of anilines is 2. The minimum Gasteiger partial charge on any atom is -0.484 e. The molecule has 144 valence electrons. The molecule has 9 heteroatoms. The van der Waals surface area contributed by atoms with E-state index in [0.717, 1.165) is 0 Å². The molecule has 8 nitrogen and oxygen atoms in total. The molecule has 1 aromatic heterocycles. The summed E-state index contributed by atoms with van der Waals surface area (Å²) >= 11 is 0. The van der Waals surface area contributed by atoms with E-state index in [0.29, 0.717) is 17.1 Å². The number of halogens is 1. The van der Waals surface area contributed by atoms with Gasteiger partial charge in [-0.15, -0.1) is 0 Å². The van der Waals surface area contributed by atoms with Crippen molar-refractivity contribution in [3.05, 3.63) is 67.0 Å². The minimum absolute atomic E-state index is 0.209. The van der Waals surface area contributed by atoms with Crippen LogP contribution in [0.15, 0.2) is 61.2 Å². The Morgan fingerprint density at radius 2 is 1.71 bits per heavy atom. The fraction of sp³-hybridized carbons (Fsp3) is 0.158. The molecule has 0 bridgehead atoms. The highest BCUT2D eigenvalue weighted by molar-refractivity contribution is 5.94. The quantitative estimate of drug-likeness (QED) is 0.654. The average molecular weight is 383 g/mol. The van der Waals surface area contributed by atoms with Gasteiger partial charge in [0.15, 0.2) is 6.61 Å². The molecule has 0 aliphatic heterocycles. The van der Waals surface area contributed by atoms with E-state index in [2.05, 4.69) is 20.7 Å². The molecule has 1 heterocycles. The van der Waals surface area contributed by atoms with Gasteiger partial charge >= 0.3 is 0 Å². The third-order valence-corrected chi connectivity index (χ3v) is 3.83. The van der Waals surface area contributed by atoms with Crippen LogP contribution in [0.2, 0.25) is 0 Å². The predicted octanol–water partition coefficient (Wildman–Crippen LogP) is 2.63. The van der Waals surface area contributed by atoms with Crippen LogP contribution < -0.4 is 15.4 Å². The number of carbonyl (C=O) groups excluding carboxylic acids is 2. The van der Waals surface area contributed by atoms with Crippen LogP contribution in [0, 0.1) is 5.82 Å². The van der Waals surface area contributed by atoms with E-state index < -0.39 is 6.04 Å². The summed E-state index contributed by atoms with van der Waals surface area (Å²) in [5, 5.41) is 9.38. The number of nitrogens with zero attached hydrogens (tertiary/aromatic N) is 3. The third-order valence-electron chi connectivity index (χ3n) is 3.83. The van der Waals surface area contributed by atoms with Crippen LogP contribution >= 0.6 is 0 Å². The van der Waals surface area contributed by atoms with E-state index >= 15 is 0 Å². The van der Waals surface area contributed by atoms with Crippen molar-refractivity contribution < 1.29 is 18.7 Å². The first-order chi connectivity index (χ1) is 13.5. The summed E-state index contributed by atoms with van der Waals surface area (Å²) in [7, 11) is 0. The third kappa shape index (κ3) is 5.13. The fourth-order valence-corrected chi connectivity index (χ4v) is 2.30. The maximum atomic E-state index is 12.8. The largest absolute Gasteiger partial charge is 0.484 e. The number of hydrogen-bond donors (Lipinski definition) is 2. The molecule has 3 aromatic rings. The lowest BCUT2D eigenvalue weighted by Gasteiger charge is -2.12. The van der Waals surface area contributed by atoms with E-state index in [1.165, 1.54) is 41.6 Å². The van der Waals surface area contributed by atoms with Gasteiger partial charge < -0.3 is 15.4 Å². The van der Waals surface area contributed by atoms with Crippen molar-refractivity contribution in [3.8, 4) is 5.75 Å². The van der Waals surface area contributed by atoms with E-state index in [-0.39, 0.29) is 24.2 Å². The molecule has 2 amide bonds. The molecule has 0 saturated carbocycles. The number of benzene rings is 2. The normalized spacial score (nSPS) is 11.5. The molecule has 0 saturated heterocycles. The Morgan fingerprint density at radius 1 is 1.07 bits per heavy atom. The first-order valence-corrected chi connectivity index (χ1v) is 8.44. The van der Waals surface area contributed by atoms with Crippen LogP contribution in [0.25, 0.3) is 0 Å². The Labute approximate surface area is 160 Å². The number of amides is 2. The summed E-state index contributed by atoms with van der Waals surface area (Å²) in [6.07, 6.45) is 2.83. The fourth-order valence-electron chi connectivity index (χ4n) is 2.30. The summed E-state index contributed by atoms with van der Waals surface area (Å²) in [5.41, 5.74) is 1.13. The first-order valence-electron chi connectivity index (χ1n) is 8.44. The van der Waals surface area contributed by atoms with Gasteiger partial charge in [-0.25, -0.2) is 14.1 Å². The second-order valence-corrected chi connectivity index (χ2v) is 5.91. The highest BCUT2D eigenvalue weighted by Gasteiger charge is 2.15. The lowest BCUT2D eigenvalue weighted by atomic mass is 10.2. The molecule has 0 spiro atoms. The summed E-state index contributed by atoms with van der Waals surface area (Å²) in [5.74, 6) is -0.577. The Kier molecular flexibility index (Phi) is 5.95. The smallest absolute Gasteiger partial charge is 0.262 e. The summed E-state index contributed by atoms with van der Waals surface area (Å²) in [6, 6.07) is 11.5. The van der Waals surface area contributed by atoms with Crippen molar-refractivity contribution >= 4 is 23.2 Å². The molecular formula is C19H18FN5O3. The standard InChI is InChI=1S/C19H18FN5O3/c1-13(25-12-21-11-22-25)19(27)24-16-6-4-15(5-7-16)23-18(26)10-28-17-8-2-14(20)3-9-17/h2-9,11-13H,10H2,1H3,(H,23,26)(H,24,27)/t13-/m1/s1. The van der Waals surface area contributed by atoms with Crippen molar-refractivity contribution in [1.82, 2.24) is 14.8 Å². The van der Waals surface area contributed by atoms with Crippen molar-refractivity contribution in [2.24, 2.45) is 0 Å². The van der Waals surface area contributed by atoms with Gasteiger partial charge in [0.1, 0.15) is 30.3 Å². The van der Waals surface area contributed by atoms with Gasteiger partial charge in [-0.05, 0) is 55.5 Å². The minimum atomic E-state index is -0.509. The van der Waals surface area contributed by atoms with Gasteiger partial charge in [0.05, 0.1) is 0 Å². The molecule has 3 rings (SSSR count). The number of rotatable bonds is 7. The van der Waals surface area contributed by atoms with Crippen LogP contribution in [-0.2, 0) is 9.59 Å². The molecule has 0 aliphatic rings. The number of nitrogens with one attached hydrogen (secondary N) is 2. The van der Waals surface area contributed by atoms with E-state index in [9.17, 15) is 14.0 Å². The van der Waals surface area contributed by atoms with Crippen molar-refractivity contribution in [2.75, 3.05) is 17.2 Å². The van der Waals surface area contributed by atoms with Crippen LogP contribution in [0.3, 0.4) is 0 Å². The van der Waals surface area contributed by atoms with Crippen LogP contribution in [0.1, 0.15) is 13.0 Å². The van der Waals surface area contributed by atoms with Gasteiger partial charge in [0.25, 0.3) is 5.91 Å². The Bertz CT molecular complexity index is 927. The monoisotopic (exact) mass is 383 g/mol. The van der Waals surface area contributed by atoms with Gasteiger partial charge in [0.2, 0.25) is 5.91 Å². The first kappa shape index (κ1) is 19.0. The number of carbonyl (C=O) groups is 2. The Balaban J connectivity index is 1.49. The number of ether oxygens (including phenoxy) is 1. The molecule has 28 heavy (non-hydrogen) atoms. The molecule has 0 unspecified atom stereocenters. The van der Waals surface area contributed by atoms with Gasteiger partial charge in [-0.3, -0.25) is 9.59 Å². The maximum Gasteiger partial charge on any atom is 0.262 e. The van der Waals surface area contributed by atoms with Crippen molar-refractivity contribution in [3.63, 3.8) is 0 Å². The second-order valence-electron chi connectivity index (χ2n) is 5.91. The van der Waals surface area contributed by atoms with Gasteiger partial charge in [-0.1, -0.05) is 0 Å². The van der Waals surface area contributed by atoms with Crippen LogP contribution in [0.4, 0.5) is 15.8 Å². The Morgan fingerprint density at radius 3 is 2.32 bits per heavy atom. The van der Waals surface area contributed by atoms with Crippen molar-refractivity contribution in [2.45, 2.75) is 13.0 Å². The van der Waals surface area contributed by atoms with Crippen molar-refractivity contribution in [1.29, 1.82) is 0 Å². The molecule has 0 aliphatic carbocycles. The van der Waals surface area contributed by atoms with E-state index in [4.69, 9.17) is 4.74 Å². The SMILES string of the molecule is C[C@H](C(=O)Nc1ccc(NC(=O)COc2ccc(F)cc2)cc1)n1cncn1. The average Bonchev–Trinajstić information content (AvgIpc) is 3.23. The summed E-state index contributed by atoms with van der Waals surface area (Å²) in [6.45, 7) is 1.50. The molecule has 0 fully saturated rings. The van der Waals surface area contributed by atoms with E-state index in [1.54, 1.807) is 31.2 Å². The maximum absolute atomic E-state index is 12.8. The van der Waals surface area contributed by atoms with Gasteiger partial charge in [-0.2, -0.15) is 5.10 Å². The number of hydrogen-bond acceptors (Lipinski definition) is 5. The molecule has 0 radical (unpaired) electrons. The molecule has 2 aromatic carbocycles. The molecular weight excluding hydrogens is 365 g/mol. The predicted molar refractivity (Wildman–Crippen MR) is 100 cm³/mol. The van der Waals surface area contributed by atoms with Crippen LogP contribution in [0.5, 0.6) is 5.75 Å². The molecule has 1 atom stereocenters. The Hall–Kier alpha value is -3.75. The van der Waals surface area contributed by atoms with E-state index in [1.807, 2.05) is 0 Å². The summed E-state index contributed by atoms with van der Waals surface area (Å²) in [4.78, 5) is 28.0. The zero-order chi connectivity index (χ0) is 19.9. The summed E-state index contributed by atoms with van der Waals surface area (Å²) < 4.78 is 19.6. The molecule has 2 N–H and O–H groups in total. The highest BCUT2D eigenvalue weighted by atomic mass is 19.1. The highest BCUT2D eigenvalue weighted by Crippen LogP contribution is 2.16. The second kappa shape index (κ2) is 8.76. The van der Waals surface area contributed by atoms with Crippen LogP contribution in [-0.4, -0.2) is 33.2 Å². The van der Waals surface area contributed by atoms with Gasteiger partial charge in [0, 0.05) is 11.4 Å². The zero-order valence-electron chi connectivity index (χ0n) is 15.0. The number of aromatic nitrogens is 3. The zero-order valence-corrected chi connectivity index (χ0v) is 15.0.